The van der Waals surface area contributed by atoms with Gasteiger partial charge in [-0.1, -0.05) is 13.1 Å². The lowest BCUT2D eigenvalue weighted by Gasteiger charge is -2.44. The van der Waals surface area contributed by atoms with Gasteiger partial charge in [-0.3, -0.25) is 0 Å². The summed E-state index contributed by atoms with van der Waals surface area (Å²) in [5.41, 5.74) is 4.93. The van der Waals surface area contributed by atoms with E-state index in [1.807, 2.05) is 0 Å². The summed E-state index contributed by atoms with van der Waals surface area (Å²) in [6.45, 7) is 46.0. The van der Waals surface area contributed by atoms with Crippen molar-refractivity contribution in [3.8, 4) is 0 Å². The molecule has 0 N–H and O–H groups in total. The minimum atomic E-state index is -1.86. The van der Waals surface area contributed by atoms with Crippen molar-refractivity contribution in [2.45, 2.75) is 147 Å². The van der Waals surface area contributed by atoms with Gasteiger partial charge in [0, 0.05) is 8.80 Å². The molecule has 0 aliphatic heterocycles. The Balaban J connectivity index is 5.32. The zero-order valence-electron chi connectivity index (χ0n) is 28.0. The molecule has 0 rings (SSSR count). The molecule has 0 spiro atoms. The Hall–Kier alpha value is 1.79. The minimum Gasteiger partial charge on any atom is -0.456 e. The van der Waals surface area contributed by atoms with Gasteiger partial charge in [-0.2, -0.15) is 0 Å². The molecule has 0 heterocycles. The topological polar surface area (TPSA) is 36.9 Å². The molecule has 0 radical (unpaired) electrons. The zero-order valence-corrected chi connectivity index (χ0v) is 37.2. The van der Waals surface area contributed by atoms with Gasteiger partial charge < -0.3 is 16.5 Å². The van der Waals surface area contributed by atoms with Crippen LogP contribution >= 0.6 is 0 Å². The fourth-order valence-corrected chi connectivity index (χ4v) is 71.2. The zero-order chi connectivity index (χ0) is 29.2. The first-order valence-corrected chi connectivity index (χ1v) is 42.5. The van der Waals surface area contributed by atoms with E-state index < -0.39 is 75.3 Å². The van der Waals surface area contributed by atoms with Gasteiger partial charge in [-0.25, -0.2) is 0 Å². The molecule has 0 aromatic rings. The lowest BCUT2D eigenvalue weighted by molar-refractivity contribution is 0.515. The second-order valence-electron chi connectivity index (χ2n) is 17.0. The van der Waals surface area contributed by atoms with Gasteiger partial charge in [0.05, 0.1) is 0 Å². The summed E-state index contributed by atoms with van der Waals surface area (Å²) in [5.74, 6) is 0. The van der Waals surface area contributed by atoms with Crippen LogP contribution in [0.4, 0.5) is 0 Å². The third kappa shape index (κ3) is 18.2. The molecular formula is C23H66O4Si9. The lowest BCUT2D eigenvalue weighted by atomic mass is 11.8. The van der Waals surface area contributed by atoms with Crippen molar-refractivity contribution in [3.63, 3.8) is 0 Å². The van der Waals surface area contributed by atoms with Crippen LogP contribution in [-0.4, -0.2) is 75.3 Å². The summed E-state index contributed by atoms with van der Waals surface area (Å²) in [4.78, 5) is 0. The van der Waals surface area contributed by atoms with Crippen molar-refractivity contribution in [1.82, 2.24) is 0 Å². The van der Waals surface area contributed by atoms with E-state index in [2.05, 4.69) is 124 Å². The van der Waals surface area contributed by atoms with Crippen LogP contribution < -0.4 is 0 Å². The average Bonchev–Trinajstić information content (AvgIpc) is 2.31. The van der Waals surface area contributed by atoms with Crippen LogP contribution in [0, 0.1) is 0 Å². The molecule has 0 unspecified atom stereocenters. The van der Waals surface area contributed by atoms with Crippen LogP contribution in [0.1, 0.15) is 0 Å². The Bertz CT molecular complexity index is 700. The highest BCUT2D eigenvalue weighted by atomic mass is 28.5. The van der Waals surface area contributed by atoms with Gasteiger partial charge in [0.2, 0.25) is 0 Å². The molecule has 0 aromatic heterocycles. The first-order valence-electron chi connectivity index (χ1n) is 14.2. The molecule has 13 heteroatoms. The van der Waals surface area contributed by atoms with Crippen LogP contribution in [-0.2, 0) is 16.5 Å². The molecule has 0 bridgehead atoms. The van der Waals surface area contributed by atoms with E-state index in [0.29, 0.717) is 0 Å². The SMILES string of the molecule is C[SiH](C)C[Si](C)(C)O[Si](C)(C)C[Si](C)(C)O[Si](C)(C)C[Si](C)(C)O[Si](C)(C)C[Si](C)(C)O[Si](C)(C)C. The van der Waals surface area contributed by atoms with Gasteiger partial charge in [-0.05, 0) is 134 Å². The second kappa shape index (κ2) is 12.8. The fourth-order valence-electron chi connectivity index (χ4n) is 7.39. The van der Waals surface area contributed by atoms with E-state index in [0.717, 1.165) is 0 Å². The molecule has 218 valence electrons. The normalized spacial score (nSPS) is 15.7. The van der Waals surface area contributed by atoms with Gasteiger partial charge in [0.15, 0.2) is 66.5 Å². The molecule has 36 heavy (non-hydrogen) atoms. The highest BCUT2D eigenvalue weighted by Gasteiger charge is 2.46. The standard InChI is InChI=1S/C23H66O4Si9/c1-28(2)20-30(6,7)25-32(10,11)22-34(14,15)27-36(18,19)23-35(16,17)26-33(12,13)21-31(8,9)24-29(3,4)5/h28H,20-23H2,1-19H3. The van der Waals surface area contributed by atoms with E-state index >= 15 is 0 Å². The van der Waals surface area contributed by atoms with Gasteiger partial charge in [0.25, 0.3) is 0 Å². The molecule has 0 fully saturated rings. The van der Waals surface area contributed by atoms with Crippen molar-refractivity contribution in [1.29, 1.82) is 0 Å². The highest BCUT2D eigenvalue weighted by Crippen LogP contribution is 2.34. The maximum absolute atomic E-state index is 7.19. The summed E-state index contributed by atoms with van der Waals surface area (Å²) in [5, 5.41) is 0. The van der Waals surface area contributed by atoms with Crippen LogP contribution in [0.5, 0.6) is 0 Å². The van der Waals surface area contributed by atoms with E-state index in [-0.39, 0.29) is 0 Å². The van der Waals surface area contributed by atoms with E-state index in [1.54, 1.807) is 0 Å². The predicted octanol–water partition coefficient (Wildman–Crippen LogP) is 8.97. The molecule has 4 nitrogen and oxygen atoms in total. The molecule has 0 aliphatic carbocycles. The van der Waals surface area contributed by atoms with Gasteiger partial charge in [0.1, 0.15) is 0 Å². The average molecular weight is 660 g/mol. The van der Waals surface area contributed by atoms with Crippen molar-refractivity contribution < 1.29 is 16.5 Å². The van der Waals surface area contributed by atoms with E-state index in [1.165, 1.54) is 22.7 Å². The first-order chi connectivity index (χ1) is 15.4. The third-order valence-electron chi connectivity index (χ3n) is 5.69. The molecule has 0 saturated carbocycles. The second-order valence-corrected chi connectivity index (χ2v) is 57.8. The number of rotatable bonds is 16. The smallest absolute Gasteiger partial charge is 0.173 e. The van der Waals surface area contributed by atoms with Crippen LogP contribution in [0.15, 0.2) is 0 Å². The summed E-state index contributed by atoms with van der Waals surface area (Å²) >= 11 is 0. The largest absolute Gasteiger partial charge is 0.456 e. The summed E-state index contributed by atoms with van der Waals surface area (Å²) in [7, 11) is -14.6. The molecule has 0 saturated heterocycles. The molecule has 0 aromatic carbocycles. The Kier molecular flexibility index (Phi) is 13.4. The van der Waals surface area contributed by atoms with Crippen molar-refractivity contribution in [2.24, 2.45) is 0 Å². The van der Waals surface area contributed by atoms with E-state index in [4.69, 9.17) is 16.5 Å². The maximum Gasteiger partial charge on any atom is 0.173 e. The Morgan fingerprint density at radius 1 is 0.361 bits per heavy atom. The Morgan fingerprint density at radius 3 is 0.806 bits per heavy atom. The molecule has 0 atom stereocenters. The predicted molar refractivity (Wildman–Crippen MR) is 188 cm³/mol. The number of hydrogen-bond donors (Lipinski definition) is 0. The Morgan fingerprint density at radius 2 is 0.583 bits per heavy atom. The molecule has 0 aliphatic rings. The van der Waals surface area contributed by atoms with Crippen LogP contribution in [0.25, 0.3) is 0 Å². The maximum atomic E-state index is 7.19. The summed E-state index contributed by atoms with van der Waals surface area (Å²) in [6.07, 6.45) is 0. The van der Waals surface area contributed by atoms with Crippen LogP contribution in [0.3, 0.4) is 0 Å². The quantitative estimate of drug-likeness (QED) is 0.155. The third-order valence-corrected chi connectivity index (χ3v) is 51.2. The monoisotopic (exact) mass is 658 g/mol. The van der Waals surface area contributed by atoms with Gasteiger partial charge in [-0.15, -0.1) is 0 Å². The Labute approximate surface area is 237 Å². The van der Waals surface area contributed by atoms with Crippen molar-refractivity contribution in [3.05, 3.63) is 0 Å². The fraction of sp³-hybridized carbons (Fsp3) is 1.00. The van der Waals surface area contributed by atoms with Crippen molar-refractivity contribution >= 4 is 75.3 Å². The molecule has 0 amide bonds. The van der Waals surface area contributed by atoms with Crippen molar-refractivity contribution in [2.75, 3.05) is 0 Å². The van der Waals surface area contributed by atoms with Gasteiger partial charge >= 0.3 is 0 Å². The summed E-state index contributed by atoms with van der Waals surface area (Å²) in [6, 6.07) is 0. The first kappa shape index (κ1) is 37.8. The van der Waals surface area contributed by atoms with Crippen LogP contribution in [0.2, 0.25) is 147 Å². The van der Waals surface area contributed by atoms with E-state index in [9.17, 15) is 0 Å². The summed E-state index contributed by atoms with van der Waals surface area (Å²) < 4.78 is 28.0. The highest BCUT2D eigenvalue weighted by molar-refractivity contribution is 7.02. The number of hydrogen-bond acceptors (Lipinski definition) is 4. The minimum absolute atomic E-state index is 0.604. The lowest BCUT2D eigenvalue weighted by Crippen LogP contribution is -2.57. The molecular weight excluding hydrogens is 593 g/mol.